The maximum Gasteiger partial charge on any atom is 0.164 e. The summed E-state index contributed by atoms with van der Waals surface area (Å²) in [5.41, 5.74) is 1.74. The summed E-state index contributed by atoms with van der Waals surface area (Å²) in [6.45, 7) is 5.21. The smallest absolute Gasteiger partial charge is 0.164 e. The number of rotatable bonds is 10. The summed E-state index contributed by atoms with van der Waals surface area (Å²) < 4.78 is 35.4. The zero-order valence-electron chi connectivity index (χ0n) is 21.2. The Hall–Kier alpha value is -2.47. The van der Waals surface area contributed by atoms with Gasteiger partial charge in [0.25, 0.3) is 0 Å². The van der Waals surface area contributed by atoms with Gasteiger partial charge in [-0.15, -0.1) is 0 Å². The summed E-state index contributed by atoms with van der Waals surface area (Å²) in [5, 5.41) is 16.1. The summed E-state index contributed by atoms with van der Waals surface area (Å²) in [6.07, 6.45) is 2.77. The molecule has 2 saturated heterocycles. The van der Waals surface area contributed by atoms with E-state index in [1.165, 1.54) is 6.26 Å². The molecule has 2 atom stereocenters. The van der Waals surface area contributed by atoms with E-state index in [1.54, 1.807) is 7.05 Å². The third-order valence-electron chi connectivity index (χ3n) is 6.71. The number of ether oxygens (including phenoxy) is 2. The maximum absolute atomic E-state index is 12.0. The zero-order chi connectivity index (χ0) is 25.7. The first-order chi connectivity index (χ1) is 17.2. The molecule has 10 nitrogen and oxygen atoms in total. The number of aromatic nitrogens is 2. The number of anilines is 2. The summed E-state index contributed by atoms with van der Waals surface area (Å²) in [7, 11) is -1.28. The first-order valence-electron chi connectivity index (χ1n) is 12.5. The highest BCUT2D eigenvalue weighted by molar-refractivity contribution is 7.91. The molecule has 2 unspecified atom stereocenters. The SMILES string of the molecule is CNCC(O)COc1cccc(-c2nc(NC3CCOC3)c(C)c(N3CCC(S(C)(=O)=O)CC3)n2)c1. The molecule has 2 fully saturated rings. The number of sulfone groups is 1. The summed E-state index contributed by atoms with van der Waals surface area (Å²) in [5.74, 6) is 2.75. The van der Waals surface area contributed by atoms with Crippen LogP contribution in [0.3, 0.4) is 0 Å². The lowest BCUT2D eigenvalue weighted by Gasteiger charge is -2.33. The van der Waals surface area contributed by atoms with Crippen molar-refractivity contribution in [1.82, 2.24) is 15.3 Å². The van der Waals surface area contributed by atoms with Crippen LogP contribution in [0.25, 0.3) is 11.4 Å². The Morgan fingerprint density at radius 2 is 2.03 bits per heavy atom. The number of benzene rings is 1. The van der Waals surface area contributed by atoms with Crippen LogP contribution in [0.5, 0.6) is 5.75 Å². The summed E-state index contributed by atoms with van der Waals surface area (Å²) >= 11 is 0. The van der Waals surface area contributed by atoms with Crippen molar-refractivity contribution in [2.45, 2.75) is 43.6 Å². The van der Waals surface area contributed by atoms with Gasteiger partial charge in [-0.25, -0.2) is 18.4 Å². The van der Waals surface area contributed by atoms with E-state index in [9.17, 15) is 13.5 Å². The largest absolute Gasteiger partial charge is 0.491 e. The fraction of sp³-hybridized carbons (Fsp3) is 0.600. The predicted molar refractivity (Wildman–Crippen MR) is 141 cm³/mol. The van der Waals surface area contributed by atoms with Gasteiger partial charge in [0.1, 0.15) is 39.9 Å². The number of likely N-dealkylation sites (N-methyl/N-ethyl adjacent to an activating group) is 1. The van der Waals surface area contributed by atoms with Crippen LogP contribution < -0.4 is 20.3 Å². The number of nitrogens with one attached hydrogen (secondary N) is 2. The van der Waals surface area contributed by atoms with Gasteiger partial charge in [0.15, 0.2) is 5.82 Å². The average molecular weight is 520 g/mol. The van der Waals surface area contributed by atoms with Gasteiger partial charge >= 0.3 is 0 Å². The molecular formula is C25H37N5O5S. The number of nitrogens with zero attached hydrogens (tertiary/aromatic N) is 3. The van der Waals surface area contributed by atoms with Gasteiger partial charge < -0.3 is 30.1 Å². The van der Waals surface area contributed by atoms with E-state index < -0.39 is 15.9 Å². The third kappa shape index (κ3) is 6.64. The molecule has 36 heavy (non-hydrogen) atoms. The molecule has 0 spiro atoms. The minimum atomic E-state index is -3.06. The quantitative estimate of drug-likeness (QED) is 0.426. The molecule has 1 aromatic carbocycles. The van der Waals surface area contributed by atoms with Crippen LogP contribution in [0, 0.1) is 6.92 Å². The Labute approximate surface area is 213 Å². The second-order valence-corrected chi connectivity index (χ2v) is 11.9. The van der Waals surface area contributed by atoms with Crippen molar-refractivity contribution >= 4 is 21.5 Å². The van der Waals surface area contributed by atoms with Crippen molar-refractivity contribution in [1.29, 1.82) is 0 Å². The molecular weight excluding hydrogens is 482 g/mol. The molecule has 2 aromatic rings. The number of hydrogen-bond donors (Lipinski definition) is 3. The Bertz CT molecular complexity index is 1130. The molecule has 2 aliphatic heterocycles. The number of aliphatic hydroxyl groups is 1. The zero-order valence-corrected chi connectivity index (χ0v) is 22.1. The number of hydrogen-bond acceptors (Lipinski definition) is 10. The monoisotopic (exact) mass is 519 g/mol. The van der Waals surface area contributed by atoms with E-state index in [0.29, 0.717) is 50.7 Å². The van der Waals surface area contributed by atoms with Crippen LogP contribution in [0.1, 0.15) is 24.8 Å². The van der Waals surface area contributed by atoms with E-state index in [4.69, 9.17) is 19.4 Å². The van der Waals surface area contributed by atoms with Gasteiger partial charge in [-0.2, -0.15) is 0 Å². The van der Waals surface area contributed by atoms with Crippen molar-refractivity contribution in [2.75, 3.05) is 63.0 Å². The number of piperidine rings is 1. The minimum absolute atomic E-state index is 0.175. The van der Waals surface area contributed by atoms with E-state index in [1.807, 2.05) is 31.2 Å². The molecule has 3 heterocycles. The molecule has 4 rings (SSSR count). The highest BCUT2D eigenvalue weighted by atomic mass is 32.2. The topological polar surface area (TPSA) is 126 Å². The third-order valence-corrected chi connectivity index (χ3v) is 8.39. The molecule has 0 saturated carbocycles. The molecule has 0 amide bonds. The Morgan fingerprint density at radius 1 is 1.25 bits per heavy atom. The van der Waals surface area contributed by atoms with Crippen LogP contribution in [-0.4, -0.2) is 93.6 Å². The van der Waals surface area contributed by atoms with Crippen LogP contribution >= 0.6 is 0 Å². The van der Waals surface area contributed by atoms with Crippen LogP contribution in [0.4, 0.5) is 11.6 Å². The lowest BCUT2D eigenvalue weighted by molar-refractivity contribution is 0.108. The van der Waals surface area contributed by atoms with E-state index in [0.717, 1.165) is 35.8 Å². The normalized spacial score (nSPS) is 19.9. The minimum Gasteiger partial charge on any atom is -0.491 e. The molecule has 11 heteroatoms. The molecule has 0 bridgehead atoms. The summed E-state index contributed by atoms with van der Waals surface area (Å²) in [4.78, 5) is 12.0. The Kier molecular flexibility index (Phi) is 8.66. The van der Waals surface area contributed by atoms with Crippen molar-refractivity contribution in [3.63, 3.8) is 0 Å². The van der Waals surface area contributed by atoms with Crippen molar-refractivity contribution in [2.24, 2.45) is 0 Å². The van der Waals surface area contributed by atoms with Crippen LogP contribution in [0.2, 0.25) is 0 Å². The Balaban J connectivity index is 1.62. The first kappa shape index (κ1) is 26.6. The fourth-order valence-electron chi connectivity index (χ4n) is 4.63. The second-order valence-electron chi connectivity index (χ2n) is 9.62. The van der Waals surface area contributed by atoms with Crippen molar-refractivity contribution in [3.05, 3.63) is 29.8 Å². The Morgan fingerprint density at radius 3 is 2.69 bits per heavy atom. The van der Waals surface area contributed by atoms with Crippen molar-refractivity contribution in [3.8, 4) is 17.1 Å². The van der Waals surface area contributed by atoms with Crippen LogP contribution in [-0.2, 0) is 14.6 Å². The highest BCUT2D eigenvalue weighted by Crippen LogP contribution is 2.32. The molecule has 3 N–H and O–H groups in total. The van der Waals surface area contributed by atoms with Crippen molar-refractivity contribution < 1.29 is 23.0 Å². The lowest BCUT2D eigenvalue weighted by Crippen LogP contribution is -2.40. The highest BCUT2D eigenvalue weighted by Gasteiger charge is 2.29. The first-order valence-corrected chi connectivity index (χ1v) is 14.4. The summed E-state index contributed by atoms with van der Waals surface area (Å²) in [6, 6.07) is 7.71. The van der Waals surface area contributed by atoms with E-state index in [2.05, 4.69) is 15.5 Å². The molecule has 198 valence electrons. The van der Waals surface area contributed by atoms with Gasteiger partial charge in [0.05, 0.1) is 17.9 Å². The van der Waals surface area contributed by atoms with Gasteiger partial charge in [-0.3, -0.25) is 0 Å². The standard InChI is InChI=1S/C25H37N5O5S/c1-17-23(27-19-9-12-34-15-19)28-24(18-5-4-6-21(13-18)35-16-20(31)14-26-2)29-25(17)30-10-7-22(8-11-30)36(3,32)33/h4-6,13,19-20,22,26,31H,7-12,14-16H2,1-3H3,(H,27,28,29). The van der Waals surface area contributed by atoms with Crippen LogP contribution in [0.15, 0.2) is 24.3 Å². The van der Waals surface area contributed by atoms with E-state index >= 15 is 0 Å². The van der Waals surface area contributed by atoms with Gasteiger partial charge in [0, 0.05) is 43.6 Å². The molecule has 2 aliphatic rings. The second kappa shape index (κ2) is 11.7. The van der Waals surface area contributed by atoms with E-state index in [-0.39, 0.29) is 17.9 Å². The maximum atomic E-state index is 12.0. The molecule has 0 aliphatic carbocycles. The number of aliphatic hydroxyl groups excluding tert-OH is 1. The van der Waals surface area contributed by atoms with Gasteiger partial charge in [-0.1, -0.05) is 12.1 Å². The molecule has 1 aromatic heterocycles. The fourth-order valence-corrected chi connectivity index (χ4v) is 5.70. The average Bonchev–Trinajstić information content (AvgIpc) is 3.37. The molecule has 0 radical (unpaired) electrons. The van der Waals surface area contributed by atoms with Gasteiger partial charge in [0.2, 0.25) is 0 Å². The van der Waals surface area contributed by atoms with Gasteiger partial charge in [-0.05, 0) is 45.4 Å². The lowest BCUT2D eigenvalue weighted by atomic mass is 10.1. The predicted octanol–water partition coefficient (Wildman–Crippen LogP) is 1.63.